The second kappa shape index (κ2) is 5.70. The molecule has 0 aliphatic heterocycles. The lowest BCUT2D eigenvalue weighted by molar-refractivity contribution is 0.415. The molecular formula is C19H15N3O2. The molecule has 0 saturated heterocycles. The Bertz CT molecular complexity index is 1050. The minimum Gasteiger partial charge on any atom is -0.497 e. The maximum absolute atomic E-state index is 12.4. The van der Waals surface area contributed by atoms with E-state index in [0.717, 1.165) is 22.6 Å². The van der Waals surface area contributed by atoms with E-state index < -0.39 is 0 Å². The van der Waals surface area contributed by atoms with Crippen LogP contribution in [-0.4, -0.2) is 21.6 Å². The molecule has 4 rings (SSSR count). The average molecular weight is 317 g/mol. The first-order valence-corrected chi connectivity index (χ1v) is 7.56. The lowest BCUT2D eigenvalue weighted by Crippen LogP contribution is -2.10. The Morgan fingerprint density at radius 2 is 1.79 bits per heavy atom. The Labute approximate surface area is 138 Å². The molecule has 0 aliphatic carbocycles. The SMILES string of the molecule is COc1ccc(-n2cc(-c3ccccc3)c3nc[nH]c(=O)c32)cc1. The molecule has 24 heavy (non-hydrogen) atoms. The molecule has 0 amide bonds. The van der Waals surface area contributed by atoms with Gasteiger partial charge in [0, 0.05) is 17.4 Å². The summed E-state index contributed by atoms with van der Waals surface area (Å²) in [5.74, 6) is 0.769. The molecule has 118 valence electrons. The molecule has 0 saturated carbocycles. The fourth-order valence-electron chi connectivity index (χ4n) is 2.84. The highest BCUT2D eigenvalue weighted by Gasteiger charge is 2.15. The van der Waals surface area contributed by atoms with Crippen molar-refractivity contribution in [1.82, 2.24) is 14.5 Å². The normalized spacial score (nSPS) is 10.9. The van der Waals surface area contributed by atoms with Gasteiger partial charge in [0.25, 0.3) is 5.56 Å². The molecular weight excluding hydrogens is 302 g/mol. The summed E-state index contributed by atoms with van der Waals surface area (Å²) in [4.78, 5) is 19.5. The van der Waals surface area contributed by atoms with Crippen LogP contribution in [0.25, 0.3) is 27.8 Å². The van der Waals surface area contributed by atoms with E-state index in [0.29, 0.717) is 11.0 Å². The smallest absolute Gasteiger partial charge is 0.275 e. The van der Waals surface area contributed by atoms with Gasteiger partial charge in [-0.05, 0) is 29.8 Å². The number of hydrogen-bond donors (Lipinski definition) is 1. The van der Waals surface area contributed by atoms with Crippen molar-refractivity contribution < 1.29 is 4.74 Å². The molecule has 0 aliphatic rings. The maximum atomic E-state index is 12.4. The summed E-state index contributed by atoms with van der Waals surface area (Å²) in [6.07, 6.45) is 3.39. The van der Waals surface area contributed by atoms with E-state index in [1.165, 1.54) is 6.33 Å². The van der Waals surface area contributed by atoms with Crippen LogP contribution in [0.1, 0.15) is 0 Å². The van der Waals surface area contributed by atoms with Crippen LogP contribution in [0.5, 0.6) is 5.75 Å². The molecule has 0 bridgehead atoms. The minimum atomic E-state index is -0.169. The molecule has 0 radical (unpaired) electrons. The van der Waals surface area contributed by atoms with Crippen LogP contribution in [0.3, 0.4) is 0 Å². The number of aromatic amines is 1. The van der Waals surface area contributed by atoms with E-state index in [4.69, 9.17) is 4.74 Å². The number of nitrogens with one attached hydrogen (secondary N) is 1. The average Bonchev–Trinajstić information content (AvgIpc) is 3.04. The lowest BCUT2D eigenvalue weighted by atomic mass is 10.1. The zero-order valence-electron chi connectivity index (χ0n) is 13.1. The van der Waals surface area contributed by atoms with Crippen LogP contribution in [0.4, 0.5) is 0 Å². The fourth-order valence-corrected chi connectivity index (χ4v) is 2.84. The van der Waals surface area contributed by atoms with Crippen LogP contribution < -0.4 is 10.3 Å². The summed E-state index contributed by atoms with van der Waals surface area (Å²) in [5.41, 5.74) is 3.86. The van der Waals surface area contributed by atoms with E-state index >= 15 is 0 Å². The van der Waals surface area contributed by atoms with Crippen molar-refractivity contribution in [3.63, 3.8) is 0 Å². The molecule has 0 fully saturated rings. The number of methoxy groups -OCH3 is 1. The molecule has 1 N–H and O–H groups in total. The summed E-state index contributed by atoms with van der Waals surface area (Å²) in [7, 11) is 1.63. The molecule has 0 spiro atoms. The fraction of sp³-hybridized carbons (Fsp3) is 0.0526. The van der Waals surface area contributed by atoms with Gasteiger partial charge in [-0.3, -0.25) is 4.79 Å². The van der Waals surface area contributed by atoms with E-state index in [1.54, 1.807) is 7.11 Å². The zero-order chi connectivity index (χ0) is 16.5. The van der Waals surface area contributed by atoms with Gasteiger partial charge in [0.1, 0.15) is 16.8 Å². The van der Waals surface area contributed by atoms with Crippen molar-refractivity contribution in [3.05, 3.63) is 77.5 Å². The van der Waals surface area contributed by atoms with Crippen LogP contribution in [0.2, 0.25) is 0 Å². The summed E-state index contributed by atoms with van der Waals surface area (Å²) in [6, 6.07) is 17.5. The van der Waals surface area contributed by atoms with E-state index in [9.17, 15) is 4.79 Å². The van der Waals surface area contributed by atoms with Crippen molar-refractivity contribution in [1.29, 1.82) is 0 Å². The molecule has 0 unspecified atom stereocenters. The third kappa shape index (κ3) is 2.27. The highest BCUT2D eigenvalue weighted by molar-refractivity contribution is 5.93. The standard InChI is InChI=1S/C19H15N3O2/c1-24-15-9-7-14(8-10-15)22-11-16(13-5-3-2-4-6-13)17-18(22)19(23)21-12-20-17/h2-12H,1H3,(H,20,21,23). The largest absolute Gasteiger partial charge is 0.497 e. The van der Waals surface area contributed by atoms with Gasteiger partial charge in [0.15, 0.2) is 0 Å². The predicted octanol–water partition coefficient (Wildman–Crippen LogP) is 3.39. The van der Waals surface area contributed by atoms with Gasteiger partial charge in [-0.2, -0.15) is 0 Å². The topological polar surface area (TPSA) is 59.9 Å². The van der Waals surface area contributed by atoms with Gasteiger partial charge in [-0.25, -0.2) is 4.98 Å². The summed E-state index contributed by atoms with van der Waals surface area (Å²) < 4.78 is 7.07. The van der Waals surface area contributed by atoms with Crippen LogP contribution in [0, 0.1) is 0 Å². The van der Waals surface area contributed by atoms with Crippen LogP contribution >= 0.6 is 0 Å². The molecule has 2 aromatic carbocycles. The number of nitrogens with zero attached hydrogens (tertiary/aromatic N) is 2. The number of fused-ring (bicyclic) bond motifs is 1. The second-order valence-electron chi connectivity index (χ2n) is 5.41. The third-order valence-electron chi connectivity index (χ3n) is 4.02. The Kier molecular flexibility index (Phi) is 3.39. The molecule has 2 aromatic heterocycles. The summed E-state index contributed by atoms with van der Waals surface area (Å²) in [6.45, 7) is 0. The number of hydrogen-bond acceptors (Lipinski definition) is 3. The van der Waals surface area contributed by atoms with Crippen molar-refractivity contribution in [2.75, 3.05) is 7.11 Å². The number of benzene rings is 2. The van der Waals surface area contributed by atoms with E-state index in [-0.39, 0.29) is 5.56 Å². The quantitative estimate of drug-likeness (QED) is 0.630. The highest BCUT2D eigenvalue weighted by atomic mass is 16.5. The van der Waals surface area contributed by atoms with Gasteiger partial charge in [0.05, 0.1) is 13.4 Å². The maximum Gasteiger partial charge on any atom is 0.275 e. The lowest BCUT2D eigenvalue weighted by Gasteiger charge is -2.05. The first-order valence-electron chi connectivity index (χ1n) is 7.56. The predicted molar refractivity (Wildman–Crippen MR) is 93.7 cm³/mol. The number of H-pyrrole nitrogens is 1. The second-order valence-corrected chi connectivity index (χ2v) is 5.41. The minimum absolute atomic E-state index is 0.169. The summed E-state index contributed by atoms with van der Waals surface area (Å²) in [5, 5.41) is 0. The van der Waals surface area contributed by atoms with Gasteiger partial charge >= 0.3 is 0 Å². The highest BCUT2D eigenvalue weighted by Crippen LogP contribution is 2.29. The molecule has 5 nitrogen and oxygen atoms in total. The summed E-state index contributed by atoms with van der Waals surface area (Å²) >= 11 is 0. The van der Waals surface area contributed by atoms with Gasteiger partial charge < -0.3 is 14.3 Å². The van der Waals surface area contributed by atoms with Crippen molar-refractivity contribution in [3.8, 4) is 22.6 Å². The van der Waals surface area contributed by atoms with Gasteiger partial charge in [0.2, 0.25) is 0 Å². The number of aromatic nitrogens is 3. The zero-order valence-corrected chi connectivity index (χ0v) is 13.1. The number of rotatable bonds is 3. The number of ether oxygens (including phenoxy) is 1. The van der Waals surface area contributed by atoms with Crippen molar-refractivity contribution in [2.45, 2.75) is 0 Å². The van der Waals surface area contributed by atoms with Crippen LogP contribution in [0.15, 0.2) is 71.9 Å². The Balaban J connectivity index is 2.00. The molecule has 0 atom stereocenters. The Morgan fingerprint density at radius 1 is 1.04 bits per heavy atom. The Morgan fingerprint density at radius 3 is 2.50 bits per heavy atom. The van der Waals surface area contributed by atoms with Gasteiger partial charge in [-0.1, -0.05) is 30.3 Å². The third-order valence-corrected chi connectivity index (χ3v) is 4.02. The van der Waals surface area contributed by atoms with Crippen molar-refractivity contribution >= 4 is 11.0 Å². The monoisotopic (exact) mass is 317 g/mol. The van der Waals surface area contributed by atoms with Gasteiger partial charge in [-0.15, -0.1) is 0 Å². The molecule has 2 heterocycles. The first kappa shape index (κ1) is 14.3. The Hall–Kier alpha value is -3.34. The molecule has 4 aromatic rings. The van der Waals surface area contributed by atoms with Crippen molar-refractivity contribution in [2.24, 2.45) is 0 Å². The van der Waals surface area contributed by atoms with Crippen LogP contribution in [-0.2, 0) is 0 Å². The van der Waals surface area contributed by atoms with E-state index in [2.05, 4.69) is 9.97 Å². The van der Waals surface area contributed by atoms with E-state index in [1.807, 2.05) is 65.4 Å². The first-order chi connectivity index (χ1) is 11.8. The molecule has 5 heteroatoms.